The van der Waals surface area contributed by atoms with Gasteiger partial charge in [0.05, 0.1) is 22.3 Å². The molecule has 0 aliphatic carbocycles. The van der Waals surface area contributed by atoms with Gasteiger partial charge in [-0.3, -0.25) is 9.59 Å². The van der Waals surface area contributed by atoms with Gasteiger partial charge in [-0.1, -0.05) is 54.6 Å². The SMILES string of the molecule is CC(=O)Oc1c(C(C)=O)c2ccc3ccccc3n2c1-c1ccccc1. The summed E-state index contributed by atoms with van der Waals surface area (Å²) in [6.45, 7) is 2.84. The minimum atomic E-state index is -0.454. The number of para-hydroxylation sites is 1. The predicted octanol–water partition coefficient (Wildman–Crippen LogP) is 4.89. The van der Waals surface area contributed by atoms with Crippen molar-refractivity contribution in [3.8, 4) is 17.0 Å². The number of nitrogens with zero attached hydrogens (tertiary/aromatic N) is 1. The topological polar surface area (TPSA) is 47.8 Å². The second-order valence-corrected chi connectivity index (χ2v) is 6.18. The Labute approximate surface area is 150 Å². The van der Waals surface area contributed by atoms with Crippen molar-refractivity contribution >= 4 is 28.2 Å². The largest absolute Gasteiger partial charge is 0.424 e. The van der Waals surface area contributed by atoms with Gasteiger partial charge in [-0.25, -0.2) is 0 Å². The van der Waals surface area contributed by atoms with Crippen LogP contribution in [0.15, 0.2) is 66.7 Å². The summed E-state index contributed by atoms with van der Waals surface area (Å²) in [6.07, 6.45) is 0. The number of rotatable bonds is 3. The zero-order chi connectivity index (χ0) is 18.3. The summed E-state index contributed by atoms with van der Waals surface area (Å²) in [5, 5.41) is 1.04. The van der Waals surface area contributed by atoms with E-state index < -0.39 is 5.97 Å². The molecule has 0 amide bonds. The molecule has 4 heteroatoms. The van der Waals surface area contributed by atoms with E-state index in [1.54, 1.807) is 0 Å². The Hall–Kier alpha value is -3.40. The number of aromatic nitrogens is 1. The molecule has 0 aliphatic heterocycles. The fourth-order valence-electron chi connectivity index (χ4n) is 3.42. The number of esters is 1. The van der Waals surface area contributed by atoms with Crippen molar-refractivity contribution in [2.45, 2.75) is 13.8 Å². The normalized spacial score (nSPS) is 11.0. The second-order valence-electron chi connectivity index (χ2n) is 6.18. The van der Waals surface area contributed by atoms with Crippen LogP contribution in [0.4, 0.5) is 0 Å². The lowest BCUT2D eigenvalue weighted by Crippen LogP contribution is -2.05. The quantitative estimate of drug-likeness (QED) is 0.393. The Kier molecular flexibility index (Phi) is 3.81. The van der Waals surface area contributed by atoms with E-state index in [1.165, 1.54) is 13.8 Å². The Balaban J connectivity index is 2.25. The molecular weight excluding hydrogens is 326 g/mol. The van der Waals surface area contributed by atoms with Crippen molar-refractivity contribution in [3.05, 3.63) is 72.3 Å². The van der Waals surface area contributed by atoms with Crippen molar-refractivity contribution in [1.29, 1.82) is 0 Å². The van der Waals surface area contributed by atoms with E-state index in [-0.39, 0.29) is 5.78 Å². The summed E-state index contributed by atoms with van der Waals surface area (Å²) < 4.78 is 7.55. The zero-order valence-corrected chi connectivity index (χ0v) is 14.5. The van der Waals surface area contributed by atoms with Crippen molar-refractivity contribution in [1.82, 2.24) is 4.40 Å². The molecule has 0 N–H and O–H groups in total. The van der Waals surface area contributed by atoms with Gasteiger partial charge < -0.3 is 9.14 Å². The van der Waals surface area contributed by atoms with Crippen LogP contribution in [0, 0.1) is 0 Å². The summed E-state index contributed by atoms with van der Waals surface area (Å²) in [4.78, 5) is 24.2. The van der Waals surface area contributed by atoms with E-state index in [0.29, 0.717) is 17.0 Å². The van der Waals surface area contributed by atoms with Crippen LogP contribution in [0.1, 0.15) is 24.2 Å². The summed E-state index contributed by atoms with van der Waals surface area (Å²) in [5.41, 5.74) is 3.68. The molecule has 0 bridgehead atoms. The molecule has 128 valence electrons. The number of ether oxygens (including phenoxy) is 1. The second kappa shape index (κ2) is 6.15. The molecule has 4 rings (SSSR count). The molecule has 0 saturated carbocycles. The van der Waals surface area contributed by atoms with E-state index in [1.807, 2.05) is 71.1 Å². The van der Waals surface area contributed by atoms with Gasteiger partial charge in [0.15, 0.2) is 11.5 Å². The number of pyridine rings is 1. The average Bonchev–Trinajstić information content (AvgIpc) is 2.96. The molecule has 2 aromatic heterocycles. The Morgan fingerprint density at radius 1 is 0.808 bits per heavy atom. The molecule has 0 fully saturated rings. The molecule has 0 unspecified atom stereocenters. The van der Waals surface area contributed by atoms with Crippen LogP contribution < -0.4 is 4.74 Å². The minimum Gasteiger partial charge on any atom is -0.424 e. The first-order valence-electron chi connectivity index (χ1n) is 8.39. The molecule has 4 nitrogen and oxygen atoms in total. The van der Waals surface area contributed by atoms with Crippen molar-refractivity contribution in [2.24, 2.45) is 0 Å². The first-order valence-corrected chi connectivity index (χ1v) is 8.39. The molecule has 0 atom stereocenters. The molecule has 2 heterocycles. The van der Waals surface area contributed by atoms with Gasteiger partial charge in [0.1, 0.15) is 0 Å². The van der Waals surface area contributed by atoms with Crippen LogP contribution in [-0.4, -0.2) is 16.2 Å². The van der Waals surface area contributed by atoms with Crippen LogP contribution in [0.3, 0.4) is 0 Å². The molecule has 0 radical (unpaired) electrons. The first kappa shape index (κ1) is 16.1. The van der Waals surface area contributed by atoms with Gasteiger partial charge in [-0.2, -0.15) is 0 Å². The van der Waals surface area contributed by atoms with Gasteiger partial charge in [-0.05, 0) is 24.4 Å². The summed E-state index contributed by atoms with van der Waals surface area (Å²) in [5.74, 6) is -0.284. The van der Waals surface area contributed by atoms with E-state index in [2.05, 4.69) is 0 Å². The molecule has 2 aromatic carbocycles. The number of fused-ring (bicyclic) bond motifs is 3. The maximum Gasteiger partial charge on any atom is 0.308 e. The third kappa shape index (κ3) is 2.47. The van der Waals surface area contributed by atoms with E-state index >= 15 is 0 Å². The van der Waals surface area contributed by atoms with E-state index in [9.17, 15) is 9.59 Å². The molecule has 26 heavy (non-hydrogen) atoms. The van der Waals surface area contributed by atoms with E-state index in [4.69, 9.17) is 4.74 Å². The maximum atomic E-state index is 12.4. The maximum absolute atomic E-state index is 12.4. The van der Waals surface area contributed by atoms with Gasteiger partial charge in [0, 0.05) is 12.5 Å². The highest BCUT2D eigenvalue weighted by atomic mass is 16.5. The van der Waals surface area contributed by atoms with Gasteiger partial charge in [-0.15, -0.1) is 0 Å². The first-order chi connectivity index (χ1) is 12.6. The average molecular weight is 343 g/mol. The van der Waals surface area contributed by atoms with Crippen molar-refractivity contribution in [2.75, 3.05) is 0 Å². The van der Waals surface area contributed by atoms with Crippen LogP contribution in [0.2, 0.25) is 0 Å². The van der Waals surface area contributed by atoms with Gasteiger partial charge in [0.25, 0.3) is 0 Å². The standard InChI is InChI=1S/C22H17NO3/c1-14(24)20-19-13-12-16-8-6-7-11-18(16)23(19)21(22(20)26-15(2)25)17-9-4-3-5-10-17/h3-13H,1-2H3. The van der Waals surface area contributed by atoms with Gasteiger partial charge >= 0.3 is 5.97 Å². The molecule has 4 aromatic rings. The monoisotopic (exact) mass is 343 g/mol. The van der Waals surface area contributed by atoms with Crippen LogP contribution in [-0.2, 0) is 4.79 Å². The number of carbonyl (C=O) groups excluding carboxylic acids is 2. The fraction of sp³-hybridized carbons (Fsp3) is 0.0909. The number of benzene rings is 2. The molecular formula is C22H17NO3. The van der Waals surface area contributed by atoms with Crippen LogP contribution in [0.25, 0.3) is 27.7 Å². The summed E-state index contributed by atoms with van der Waals surface area (Å²) in [7, 11) is 0. The predicted molar refractivity (Wildman–Crippen MR) is 102 cm³/mol. The van der Waals surface area contributed by atoms with Crippen molar-refractivity contribution in [3.63, 3.8) is 0 Å². The third-order valence-corrected chi connectivity index (χ3v) is 4.41. The van der Waals surface area contributed by atoms with Crippen LogP contribution in [0.5, 0.6) is 5.75 Å². The highest BCUT2D eigenvalue weighted by molar-refractivity contribution is 6.09. The van der Waals surface area contributed by atoms with E-state index in [0.717, 1.165) is 22.0 Å². The smallest absolute Gasteiger partial charge is 0.308 e. The lowest BCUT2D eigenvalue weighted by atomic mass is 10.1. The highest BCUT2D eigenvalue weighted by Crippen LogP contribution is 2.40. The molecule has 0 aliphatic rings. The number of ketones is 1. The number of hydrogen-bond acceptors (Lipinski definition) is 3. The third-order valence-electron chi connectivity index (χ3n) is 4.41. The number of Topliss-reactive ketones (excluding diaryl/α,β-unsaturated/α-hetero) is 1. The fourth-order valence-corrected chi connectivity index (χ4v) is 3.42. The van der Waals surface area contributed by atoms with Crippen molar-refractivity contribution < 1.29 is 14.3 Å². The minimum absolute atomic E-state index is 0.142. The Morgan fingerprint density at radius 2 is 1.50 bits per heavy atom. The van der Waals surface area contributed by atoms with Gasteiger partial charge in [0.2, 0.25) is 0 Å². The number of hydrogen-bond donors (Lipinski definition) is 0. The highest BCUT2D eigenvalue weighted by Gasteiger charge is 2.25. The Morgan fingerprint density at radius 3 is 2.19 bits per heavy atom. The number of carbonyl (C=O) groups is 2. The lowest BCUT2D eigenvalue weighted by Gasteiger charge is -2.09. The lowest BCUT2D eigenvalue weighted by molar-refractivity contribution is -0.131. The zero-order valence-electron chi connectivity index (χ0n) is 14.5. The van der Waals surface area contributed by atoms with Crippen LogP contribution >= 0.6 is 0 Å². The molecule has 0 spiro atoms. The Bertz CT molecular complexity index is 1160. The summed E-state index contributed by atoms with van der Waals surface area (Å²) >= 11 is 0. The summed E-state index contributed by atoms with van der Waals surface area (Å²) in [6, 6.07) is 21.5. The molecule has 0 saturated heterocycles.